The van der Waals surface area contributed by atoms with Crippen molar-refractivity contribution in [1.29, 1.82) is 0 Å². The average Bonchev–Trinajstić information content (AvgIpc) is 3.12. The first-order valence-corrected chi connectivity index (χ1v) is 8.83. The highest BCUT2D eigenvalue weighted by atomic mass is 16.5. The van der Waals surface area contributed by atoms with E-state index in [1.807, 2.05) is 24.3 Å². The quantitative estimate of drug-likeness (QED) is 0.880. The Bertz CT molecular complexity index is 565. The zero-order valence-corrected chi connectivity index (χ0v) is 14.3. The van der Waals surface area contributed by atoms with Crippen molar-refractivity contribution in [3.05, 3.63) is 29.8 Å². The van der Waals surface area contributed by atoms with Crippen LogP contribution >= 0.6 is 0 Å². The van der Waals surface area contributed by atoms with E-state index in [-0.39, 0.29) is 18.4 Å². The average molecular weight is 333 g/mol. The third-order valence-corrected chi connectivity index (χ3v) is 5.75. The first-order chi connectivity index (χ1) is 11.6. The molecule has 1 aliphatic heterocycles. The van der Waals surface area contributed by atoms with Gasteiger partial charge in [-0.2, -0.15) is 0 Å². The molecule has 5 nitrogen and oxygen atoms in total. The summed E-state index contributed by atoms with van der Waals surface area (Å²) < 4.78 is 5.23. The van der Waals surface area contributed by atoms with E-state index in [0.717, 1.165) is 37.0 Å². The normalized spacial score (nSPS) is 26.4. The number of hydrogen-bond donors (Lipinski definition) is 2. The van der Waals surface area contributed by atoms with Gasteiger partial charge in [0.05, 0.1) is 18.6 Å². The van der Waals surface area contributed by atoms with Crippen LogP contribution in [0.3, 0.4) is 0 Å². The van der Waals surface area contributed by atoms with Crippen LogP contribution < -0.4 is 4.74 Å². The van der Waals surface area contributed by atoms with Gasteiger partial charge in [0.1, 0.15) is 5.75 Å². The van der Waals surface area contributed by atoms with Crippen LogP contribution in [-0.4, -0.2) is 53.9 Å². The number of likely N-dealkylation sites (tertiary alicyclic amines) is 1. The summed E-state index contributed by atoms with van der Waals surface area (Å²) in [5.41, 5.74) is 0.572. The maximum atomic E-state index is 13.3. The molecule has 1 aromatic carbocycles. The maximum absolute atomic E-state index is 13.3. The Morgan fingerprint density at radius 3 is 2.50 bits per heavy atom. The summed E-state index contributed by atoms with van der Waals surface area (Å²) in [5, 5.41) is 19.5. The number of aliphatic hydroxyl groups excluding tert-OH is 2. The summed E-state index contributed by atoms with van der Waals surface area (Å²) in [6, 6.07) is 7.82. The van der Waals surface area contributed by atoms with E-state index in [1.165, 1.54) is 0 Å². The van der Waals surface area contributed by atoms with Gasteiger partial charge in [-0.3, -0.25) is 4.79 Å². The highest BCUT2D eigenvalue weighted by Crippen LogP contribution is 2.43. The lowest BCUT2D eigenvalue weighted by atomic mass is 9.77. The summed E-state index contributed by atoms with van der Waals surface area (Å²) in [4.78, 5) is 15.1. The van der Waals surface area contributed by atoms with Crippen molar-refractivity contribution < 1.29 is 19.7 Å². The number of benzene rings is 1. The molecule has 0 unspecified atom stereocenters. The molecule has 1 aromatic rings. The van der Waals surface area contributed by atoms with E-state index in [4.69, 9.17) is 4.74 Å². The number of piperidine rings is 1. The van der Waals surface area contributed by atoms with Crippen LogP contribution in [0, 0.1) is 5.92 Å². The smallest absolute Gasteiger partial charge is 0.233 e. The summed E-state index contributed by atoms with van der Waals surface area (Å²) in [5.74, 6) is 0.800. The number of rotatable bonds is 4. The van der Waals surface area contributed by atoms with Crippen LogP contribution in [-0.2, 0) is 10.2 Å². The Kier molecular flexibility index (Phi) is 5.11. The molecule has 1 aliphatic carbocycles. The Balaban J connectivity index is 1.83. The SMILES string of the molecule is COc1ccc(C2(C(=O)N3CC[C@H](CO)[C@@H](O)C3)CCCC2)cc1. The maximum Gasteiger partial charge on any atom is 0.233 e. The van der Waals surface area contributed by atoms with E-state index >= 15 is 0 Å². The molecule has 0 aromatic heterocycles. The number of β-amino-alcohol motifs (C(OH)–C–C–N with tert-alkyl or cyclic N) is 1. The van der Waals surface area contributed by atoms with Gasteiger partial charge in [-0.1, -0.05) is 25.0 Å². The van der Waals surface area contributed by atoms with Crippen molar-refractivity contribution in [3.8, 4) is 5.75 Å². The van der Waals surface area contributed by atoms with Crippen molar-refractivity contribution in [3.63, 3.8) is 0 Å². The number of aliphatic hydroxyl groups is 2. The predicted molar refractivity (Wildman–Crippen MR) is 90.9 cm³/mol. The van der Waals surface area contributed by atoms with E-state index in [0.29, 0.717) is 19.5 Å². The Morgan fingerprint density at radius 1 is 1.29 bits per heavy atom. The van der Waals surface area contributed by atoms with Crippen molar-refractivity contribution >= 4 is 5.91 Å². The predicted octanol–water partition coefficient (Wildman–Crippen LogP) is 1.71. The minimum absolute atomic E-state index is 0.0210. The second-order valence-corrected chi connectivity index (χ2v) is 7.07. The zero-order valence-electron chi connectivity index (χ0n) is 14.3. The van der Waals surface area contributed by atoms with Gasteiger partial charge in [-0.15, -0.1) is 0 Å². The number of nitrogens with zero attached hydrogens (tertiary/aromatic N) is 1. The molecule has 0 radical (unpaired) electrons. The number of amides is 1. The molecule has 0 spiro atoms. The number of methoxy groups -OCH3 is 1. The van der Waals surface area contributed by atoms with Crippen molar-refractivity contribution in [2.45, 2.75) is 43.6 Å². The molecule has 2 N–H and O–H groups in total. The van der Waals surface area contributed by atoms with Crippen LogP contribution in [0.4, 0.5) is 0 Å². The van der Waals surface area contributed by atoms with E-state index in [2.05, 4.69) is 0 Å². The summed E-state index contributed by atoms with van der Waals surface area (Å²) in [7, 11) is 1.64. The molecular formula is C19H27NO4. The van der Waals surface area contributed by atoms with E-state index in [1.54, 1.807) is 12.0 Å². The molecule has 132 valence electrons. The molecule has 3 rings (SSSR count). The minimum Gasteiger partial charge on any atom is -0.497 e. The molecule has 2 fully saturated rings. The summed E-state index contributed by atoms with van der Waals surface area (Å²) >= 11 is 0. The van der Waals surface area contributed by atoms with Gasteiger partial charge in [-0.25, -0.2) is 0 Å². The molecule has 2 atom stereocenters. The molecule has 1 saturated carbocycles. The van der Waals surface area contributed by atoms with Gasteiger partial charge in [0.25, 0.3) is 0 Å². The highest BCUT2D eigenvalue weighted by molar-refractivity contribution is 5.89. The second kappa shape index (κ2) is 7.11. The standard InChI is InChI=1S/C19H27NO4/c1-24-16-6-4-15(5-7-16)19(9-2-3-10-19)18(23)20-11-8-14(13-21)17(22)12-20/h4-7,14,17,21-22H,2-3,8-13H2,1H3/t14-,17+/m1/s1. The first kappa shape index (κ1) is 17.2. The molecule has 5 heteroatoms. The summed E-state index contributed by atoms with van der Waals surface area (Å²) in [6.07, 6.45) is 3.83. The van der Waals surface area contributed by atoms with Crippen LogP contribution in [0.2, 0.25) is 0 Å². The Hall–Kier alpha value is -1.59. The van der Waals surface area contributed by atoms with Gasteiger partial charge >= 0.3 is 0 Å². The largest absolute Gasteiger partial charge is 0.497 e. The lowest BCUT2D eigenvalue weighted by molar-refractivity contribution is -0.142. The molecular weight excluding hydrogens is 306 g/mol. The van der Waals surface area contributed by atoms with Crippen LogP contribution in [0.1, 0.15) is 37.7 Å². The van der Waals surface area contributed by atoms with E-state index < -0.39 is 11.5 Å². The molecule has 1 heterocycles. The van der Waals surface area contributed by atoms with Crippen molar-refractivity contribution in [2.24, 2.45) is 5.92 Å². The van der Waals surface area contributed by atoms with Crippen molar-refractivity contribution in [2.75, 3.05) is 26.8 Å². The topological polar surface area (TPSA) is 70.0 Å². The molecule has 0 bridgehead atoms. The molecule has 24 heavy (non-hydrogen) atoms. The number of carbonyl (C=O) groups excluding carboxylic acids is 1. The number of hydrogen-bond acceptors (Lipinski definition) is 4. The van der Waals surface area contributed by atoms with Crippen LogP contribution in [0.15, 0.2) is 24.3 Å². The lowest BCUT2D eigenvalue weighted by Gasteiger charge is -2.40. The fourth-order valence-electron chi connectivity index (χ4n) is 4.19. The third-order valence-electron chi connectivity index (χ3n) is 5.75. The Labute approximate surface area is 143 Å². The molecule has 1 saturated heterocycles. The van der Waals surface area contributed by atoms with Gasteiger partial charge in [0, 0.05) is 25.6 Å². The highest BCUT2D eigenvalue weighted by Gasteiger charge is 2.46. The van der Waals surface area contributed by atoms with Crippen molar-refractivity contribution in [1.82, 2.24) is 4.90 Å². The minimum atomic E-state index is -0.637. The third kappa shape index (κ3) is 3.03. The summed E-state index contributed by atoms with van der Waals surface area (Å²) in [6.45, 7) is 0.911. The molecule has 2 aliphatic rings. The van der Waals surface area contributed by atoms with E-state index in [9.17, 15) is 15.0 Å². The first-order valence-electron chi connectivity index (χ1n) is 8.83. The van der Waals surface area contributed by atoms with Gasteiger partial charge in [0.2, 0.25) is 5.91 Å². The van der Waals surface area contributed by atoms with Gasteiger partial charge < -0.3 is 19.8 Å². The van der Waals surface area contributed by atoms with Gasteiger partial charge in [-0.05, 0) is 37.0 Å². The second-order valence-electron chi connectivity index (χ2n) is 7.07. The zero-order chi connectivity index (χ0) is 17.2. The lowest BCUT2D eigenvalue weighted by Crippen LogP contribution is -2.53. The Morgan fingerprint density at radius 2 is 1.96 bits per heavy atom. The fraction of sp³-hybridized carbons (Fsp3) is 0.632. The monoisotopic (exact) mass is 333 g/mol. The van der Waals surface area contributed by atoms with Crippen LogP contribution in [0.5, 0.6) is 5.75 Å². The molecule has 1 amide bonds. The van der Waals surface area contributed by atoms with Crippen LogP contribution in [0.25, 0.3) is 0 Å². The van der Waals surface area contributed by atoms with Gasteiger partial charge in [0.15, 0.2) is 0 Å². The fourth-order valence-corrected chi connectivity index (χ4v) is 4.19. The number of ether oxygens (including phenoxy) is 1. The number of carbonyl (C=O) groups is 1.